The van der Waals surface area contributed by atoms with Crippen LogP contribution in [0.25, 0.3) is 11.2 Å². The third-order valence-corrected chi connectivity index (χ3v) is 4.21. The summed E-state index contributed by atoms with van der Waals surface area (Å²) in [7, 11) is 1.53. The zero-order chi connectivity index (χ0) is 16.4. The van der Waals surface area contributed by atoms with Crippen molar-refractivity contribution < 1.29 is 4.79 Å². The molecule has 2 aromatic rings. The predicted octanol–water partition coefficient (Wildman–Crippen LogP) is 1.25. The molecule has 9 heteroatoms. The lowest BCUT2D eigenvalue weighted by molar-refractivity contribution is -0.114. The Bertz CT molecular complexity index is 874. The second-order valence-electron chi connectivity index (χ2n) is 4.78. The summed E-state index contributed by atoms with van der Waals surface area (Å²) in [5, 5.41) is 1.07. The van der Waals surface area contributed by atoms with Gasteiger partial charge >= 0.3 is 5.69 Å². The van der Waals surface area contributed by atoms with E-state index in [0.29, 0.717) is 16.7 Å². The number of aromatic nitrogens is 4. The highest BCUT2D eigenvalue weighted by atomic mass is 35.5. The Hall–Kier alpha value is -1.80. The van der Waals surface area contributed by atoms with Crippen molar-refractivity contribution in [1.29, 1.82) is 0 Å². The average Bonchev–Trinajstić information content (AvgIpc) is 2.79. The van der Waals surface area contributed by atoms with E-state index in [1.165, 1.54) is 30.3 Å². The molecular formula is C13H15ClN4O3S. The first-order valence-electron chi connectivity index (χ1n) is 6.45. The molecule has 0 aliphatic carbocycles. The fraction of sp³-hybridized carbons (Fsp3) is 0.385. The first-order valence-corrected chi connectivity index (χ1v) is 7.81. The van der Waals surface area contributed by atoms with Crippen LogP contribution in [-0.4, -0.2) is 30.6 Å². The summed E-state index contributed by atoms with van der Waals surface area (Å²) in [5.41, 5.74) is -0.488. The molecule has 0 aromatic carbocycles. The lowest BCUT2D eigenvalue weighted by Gasteiger charge is -2.05. The monoisotopic (exact) mass is 342 g/mol. The van der Waals surface area contributed by atoms with Crippen LogP contribution in [0.3, 0.4) is 0 Å². The molecule has 0 saturated heterocycles. The molecule has 0 bridgehead atoms. The number of hydrogen-bond donors (Lipinski definition) is 1. The number of halogens is 1. The summed E-state index contributed by atoms with van der Waals surface area (Å²) in [6.45, 7) is 3.53. The number of carbonyl (C=O) groups excluding carboxylic acids is 1. The van der Waals surface area contributed by atoms with Gasteiger partial charge in [0.15, 0.2) is 16.3 Å². The second-order valence-corrected chi connectivity index (χ2v) is 6.32. The van der Waals surface area contributed by atoms with Crippen molar-refractivity contribution in [3.8, 4) is 0 Å². The maximum atomic E-state index is 12.1. The number of imidazole rings is 1. The van der Waals surface area contributed by atoms with Crippen molar-refractivity contribution >= 4 is 40.3 Å². The number of allylic oxidation sites excluding steroid dienone is 2. The van der Waals surface area contributed by atoms with Crippen LogP contribution in [0.1, 0.15) is 13.8 Å². The van der Waals surface area contributed by atoms with Gasteiger partial charge in [0.1, 0.15) is 5.78 Å². The highest BCUT2D eigenvalue weighted by Crippen LogP contribution is 2.21. The molecule has 2 heterocycles. The molecule has 0 spiro atoms. The van der Waals surface area contributed by atoms with Crippen molar-refractivity contribution in [3.63, 3.8) is 0 Å². The van der Waals surface area contributed by atoms with Gasteiger partial charge in [-0.3, -0.25) is 19.1 Å². The van der Waals surface area contributed by atoms with Gasteiger partial charge in [-0.05, 0) is 13.8 Å². The van der Waals surface area contributed by atoms with E-state index < -0.39 is 11.2 Å². The molecular weight excluding hydrogens is 328 g/mol. The van der Waals surface area contributed by atoms with Crippen LogP contribution in [0, 0.1) is 0 Å². The highest BCUT2D eigenvalue weighted by Gasteiger charge is 2.17. The molecule has 0 amide bonds. The number of nitrogens with zero attached hydrogens (tertiary/aromatic N) is 3. The van der Waals surface area contributed by atoms with Crippen molar-refractivity contribution in [2.75, 3.05) is 5.75 Å². The molecule has 0 atom stereocenters. The molecule has 0 saturated carbocycles. The quantitative estimate of drug-likeness (QED) is 0.826. The summed E-state index contributed by atoms with van der Waals surface area (Å²) < 4.78 is 2.91. The topological polar surface area (TPSA) is 89.8 Å². The number of carbonyl (C=O) groups is 1. The number of nitrogens with one attached hydrogen (secondary N) is 1. The summed E-state index contributed by atoms with van der Waals surface area (Å²) in [4.78, 5) is 41.5. The maximum absolute atomic E-state index is 12.1. The van der Waals surface area contributed by atoms with Gasteiger partial charge in [-0.25, -0.2) is 9.78 Å². The van der Waals surface area contributed by atoms with E-state index in [-0.39, 0.29) is 22.7 Å². The summed E-state index contributed by atoms with van der Waals surface area (Å²) in [5.74, 6) is 0.231. The number of rotatable bonds is 5. The number of fused-ring (bicyclic) bond motifs is 1. The van der Waals surface area contributed by atoms with E-state index in [1.807, 2.05) is 0 Å². The van der Waals surface area contributed by atoms with Gasteiger partial charge in [0, 0.05) is 18.6 Å². The van der Waals surface area contributed by atoms with Crippen LogP contribution < -0.4 is 11.2 Å². The highest BCUT2D eigenvalue weighted by molar-refractivity contribution is 7.99. The first-order chi connectivity index (χ1) is 10.3. The molecule has 118 valence electrons. The summed E-state index contributed by atoms with van der Waals surface area (Å²) in [6, 6.07) is 0. The molecule has 2 rings (SSSR count). The summed E-state index contributed by atoms with van der Waals surface area (Å²) in [6.07, 6.45) is 1.73. The summed E-state index contributed by atoms with van der Waals surface area (Å²) >= 11 is 7.06. The van der Waals surface area contributed by atoms with Gasteiger partial charge < -0.3 is 4.57 Å². The minimum Gasteiger partial charge on any atom is -0.309 e. The number of aryl methyl sites for hydroxylation is 1. The van der Waals surface area contributed by atoms with E-state index in [2.05, 4.69) is 9.97 Å². The normalized spacial score (nSPS) is 12.1. The van der Waals surface area contributed by atoms with E-state index in [1.54, 1.807) is 17.6 Å². The van der Waals surface area contributed by atoms with E-state index in [0.717, 1.165) is 0 Å². The predicted molar refractivity (Wildman–Crippen MR) is 86.6 cm³/mol. The van der Waals surface area contributed by atoms with Gasteiger partial charge in [0.25, 0.3) is 5.56 Å². The largest absolute Gasteiger partial charge is 0.329 e. The van der Waals surface area contributed by atoms with Gasteiger partial charge in [0.2, 0.25) is 0 Å². The zero-order valence-corrected chi connectivity index (χ0v) is 13.9. The first kappa shape index (κ1) is 16.6. The van der Waals surface area contributed by atoms with Gasteiger partial charge in [0.05, 0.1) is 5.75 Å². The number of hydrogen-bond acceptors (Lipinski definition) is 5. The third kappa shape index (κ3) is 3.33. The van der Waals surface area contributed by atoms with E-state index in [4.69, 9.17) is 11.6 Å². The number of ketones is 1. The van der Waals surface area contributed by atoms with Crippen LogP contribution in [0.2, 0.25) is 0 Å². The molecule has 1 N–H and O–H groups in total. The molecule has 0 radical (unpaired) electrons. The smallest absolute Gasteiger partial charge is 0.309 e. The molecule has 7 nitrogen and oxygen atoms in total. The van der Waals surface area contributed by atoms with Crippen LogP contribution in [0.4, 0.5) is 0 Å². The maximum Gasteiger partial charge on any atom is 0.329 e. The fourth-order valence-electron chi connectivity index (χ4n) is 1.88. The van der Waals surface area contributed by atoms with E-state index >= 15 is 0 Å². The Labute approximate surface area is 135 Å². The zero-order valence-electron chi connectivity index (χ0n) is 12.3. The minimum absolute atomic E-state index is 0.00419. The number of aromatic amines is 1. The minimum atomic E-state index is -0.533. The van der Waals surface area contributed by atoms with Gasteiger partial charge in [-0.15, -0.1) is 0 Å². The van der Waals surface area contributed by atoms with Gasteiger partial charge in [-0.1, -0.05) is 29.4 Å². The number of thioether (sulfide) groups is 1. The van der Waals surface area contributed by atoms with Crippen molar-refractivity contribution in [1.82, 2.24) is 19.1 Å². The van der Waals surface area contributed by atoms with Crippen LogP contribution in [0.15, 0.2) is 25.9 Å². The van der Waals surface area contributed by atoms with Crippen LogP contribution >= 0.6 is 23.4 Å². The Morgan fingerprint density at radius 3 is 2.68 bits per heavy atom. The van der Waals surface area contributed by atoms with E-state index in [9.17, 15) is 14.4 Å². The Balaban J connectivity index is 2.69. The molecule has 0 unspecified atom stereocenters. The molecule has 0 aliphatic heterocycles. The van der Waals surface area contributed by atoms with Crippen LogP contribution in [0.5, 0.6) is 0 Å². The standard InChI is InChI=1S/C13H15ClN4O3S/c1-7(14)4-5-18-9-10(15-13(18)22-6-8(2)19)17(3)12(21)16-11(9)20/h4H,5-6H2,1-3H3,(H,16,20,21). The fourth-order valence-corrected chi connectivity index (χ4v) is 2.75. The van der Waals surface area contributed by atoms with Crippen molar-refractivity contribution in [2.45, 2.75) is 25.5 Å². The molecule has 2 aromatic heterocycles. The Morgan fingerprint density at radius 1 is 1.41 bits per heavy atom. The number of Topliss-reactive ketones (excluding diaryl/α,β-unsaturated/α-hetero) is 1. The Kier molecular flexibility index (Phi) is 4.92. The molecule has 0 aliphatic rings. The van der Waals surface area contributed by atoms with Crippen molar-refractivity contribution in [3.05, 3.63) is 31.9 Å². The lowest BCUT2D eigenvalue weighted by atomic mass is 10.4. The average molecular weight is 343 g/mol. The van der Waals surface area contributed by atoms with Gasteiger partial charge in [-0.2, -0.15) is 0 Å². The molecule has 22 heavy (non-hydrogen) atoms. The third-order valence-electron chi connectivity index (χ3n) is 2.93. The SMILES string of the molecule is CC(=O)CSc1nc2c(c(=O)[nH]c(=O)n2C)n1CC=C(C)Cl. The lowest BCUT2D eigenvalue weighted by Crippen LogP contribution is -2.29. The number of H-pyrrole nitrogens is 1. The Morgan fingerprint density at radius 2 is 2.09 bits per heavy atom. The van der Waals surface area contributed by atoms with Crippen molar-refractivity contribution in [2.24, 2.45) is 7.05 Å². The molecule has 0 fully saturated rings. The van der Waals surface area contributed by atoms with Crippen LogP contribution in [-0.2, 0) is 18.4 Å². The second kappa shape index (κ2) is 6.53.